The van der Waals surface area contributed by atoms with Gasteiger partial charge in [-0.05, 0) is 61.2 Å². The van der Waals surface area contributed by atoms with Crippen molar-refractivity contribution in [1.82, 2.24) is 16.1 Å². The Kier molecular flexibility index (Phi) is 10.0. The van der Waals surface area contributed by atoms with Crippen LogP contribution >= 0.6 is 0 Å². The molecule has 0 aliphatic rings. The Bertz CT molecular complexity index is 1250. The van der Waals surface area contributed by atoms with Crippen LogP contribution in [0.2, 0.25) is 0 Å². The van der Waals surface area contributed by atoms with E-state index in [0.29, 0.717) is 12.0 Å². The van der Waals surface area contributed by atoms with Crippen molar-refractivity contribution in [3.63, 3.8) is 0 Å². The maximum Gasteiger partial charge on any atom is 0.268 e. The number of hydrogen-bond donors (Lipinski definition) is 4. The summed E-state index contributed by atoms with van der Waals surface area (Å²) in [6.45, 7) is 3.65. The van der Waals surface area contributed by atoms with E-state index < -0.39 is 23.9 Å². The van der Waals surface area contributed by atoms with Gasteiger partial charge in [-0.25, -0.2) is 5.48 Å². The lowest BCUT2D eigenvalue weighted by molar-refractivity contribution is -0.132. The summed E-state index contributed by atoms with van der Waals surface area (Å²) in [5, 5.41) is 14.5. The van der Waals surface area contributed by atoms with Crippen LogP contribution in [-0.2, 0) is 9.59 Å². The molecule has 7 nitrogen and oxygen atoms in total. The molecule has 7 heteroatoms. The van der Waals surface area contributed by atoms with Gasteiger partial charge in [-0.2, -0.15) is 0 Å². The van der Waals surface area contributed by atoms with E-state index in [1.54, 1.807) is 36.7 Å². The Morgan fingerprint density at radius 2 is 1.35 bits per heavy atom. The molecule has 0 unspecified atom stereocenters. The third kappa shape index (κ3) is 8.34. The summed E-state index contributed by atoms with van der Waals surface area (Å²) >= 11 is 0. The Morgan fingerprint density at radius 1 is 0.784 bits per heavy atom. The lowest BCUT2D eigenvalue weighted by Crippen LogP contribution is -2.57. The molecule has 190 valence electrons. The van der Waals surface area contributed by atoms with Gasteiger partial charge in [0.25, 0.3) is 11.8 Å². The highest BCUT2D eigenvalue weighted by molar-refractivity contribution is 5.97. The predicted molar refractivity (Wildman–Crippen MR) is 142 cm³/mol. The second-order valence-electron chi connectivity index (χ2n) is 8.83. The van der Waals surface area contributed by atoms with E-state index in [1.807, 2.05) is 67.6 Å². The van der Waals surface area contributed by atoms with Crippen LogP contribution in [0.4, 0.5) is 0 Å². The van der Waals surface area contributed by atoms with Crippen molar-refractivity contribution in [2.24, 2.45) is 0 Å². The van der Waals surface area contributed by atoms with Gasteiger partial charge in [0, 0.05) is 23.1 Å². The first-order chi connectivity index (χ1) is 17.9. The summed E-state index contributed by atoms with van der Waals surface area (Å²) in [5.74, 6) is 4.69. The average Bonchev–Trinajstić information content (AvgIpc) is 2.94. The Morgan fingerprint density at radius 3 is 1.95 bits per heavy atom. The lowest BCUT2D eigenvalue weighted by Gasteiger charge is -2.24. The second-order valence-corrected chi connectivity index (χ2v) is 8.83. The normalized spacial score (nSPS) is 12.7. The summed E-state index contributed by atoms with van der Waals surface area (Å²) in [6, 6.07) is 24.1. The molecule has 0 saturated carbocycles. The molecule has 3 aromatic carbocycles. The van der Waals surface area contributed by atoms with E-state index in [2.05, 4.69) is 22.5 Å². The van der Waals surface area contributed by atoms with Gasteiger partial charge < -0.3 is 10.6 Å². The zero-order valence-electron chi connectivity index (χ0n) is 20.9. The van der Waals surface area contributed by atoms with Crippen molar-refractivity contribution in [1.29, 1.82) is 0 Å². The fraction of sp³-hybridized carbons (Fsp3) is 0.233. The Balaban J connectivity index is 1.58. The molecule has 37 heavy (non-hydrogen) atoms. The number of hydroxylamine groups is 1. The van der Waals surface area contributed by atoms with Crippen molar-refractivity contribution >= 4 is 17.7 Å². The molecule has 3 amide bonds. The summed E-state index contributed by atoms with van der Waals surface area (Å²) in [5.41, 5.74) is 4.64. The summed E-state index contributed by atoms with van der Waals surface area (Å²) in [4.78, 5) is 37.6. The van der Waals surface area contributed by atoms with Gasteiger partial charge in [0.15, 0.2) is 0 Å². The fourth-order valence-electron chi connectivity index (χ4n) is 3.79. The van der Waals surface area contributed by atoms with Gasteiger partial charge in [-0.1, -0.05) is 67.3 Å². The monoisotopic (exact) mass is 497 g/mol. The van der Waals surface area contributed by atoms with Gasteiger partial charge in [-0.15, -0.1) is 0 Å². The number of rotatable bonds is 9. The van der Waals surface area contributed by atoms with Crippen molar-refractivity contribution in [3.05, 3.63) is 107 Å². The van der Waals surface area contributed by atoms with Crippen LogP contribution in [-0.4, -0.2) is 35.0 Å². The van der Waals surface area contributed by atoms with Crippen LogP contribution < -0.4 is 16.1 Å². The SMILES string of the molecule is C[C@@H](CCC(=O)N[C@H](C)[C@H](NC(=O)c1ccc(C#Cc2ccccc2)cc1)C(=O)NO)c1ccccc1. The van der Waals surface area contributed by atoms with Gasteiger partial charge in [0.2, 0.25) is 5.91 Å². The van der Waals surface area contributed by atoms with E-state index >= 15 is 0 Å². The highest BCUT2D eigenvalue weighted by Crippen LogP contribution is 2.20. The molecule has 0 saturated heterocycles. The Hall–Kier alpha value is -4.41. The molecule has 0 spiro atoms. The molecule has 3 aromatic rings. The maximum atomic E-state index is 12.8. The summed E-state index contributed by atoms with van der Waals surface area (Å²) < 4.78 is 0. The molecule has 4 N–H and O–H groups in total. The standard InChI is InChI=1S/C30H31N3O4/c1-21(25-11-7-4-8-12-25)13-20-27(34)31-22(2)28(30(36)33-37)32-29(35)26-18-16-24(17-19-26)15-14-23-9-5-3-6-10-23/h3-12,16-19,21-22,28,37H,13,20H2,1-2H3,(H,31,34)(H,32,35)(H,33,36)/t21-,22+,28-/m0/s1. The molecule has 0 aliphatic carbocycles. The van der Waals surface area contributed by atoms with Crippen LogP contribution in [0.5, 0.6) is 0 Å². The molecule has 0 aliphatic heterocycles. The minimum Gasteiger partial charge on any atom is -0.351 e. The number of carbonyl (C=O) groups is 3. The van der Waals surface area contributed by atoms with Crippen molar-refractivity contribution in [2.75, 3.05) is 0 Å². The zero-order valence-corrected chi connectivity index (χ0v) is 20.9. The van der Waals surface area contributed by atoms with E-state index in [9.17, 15) is 19.6 Å². The van der Waals surface area contributed by atoms with E-state index in [-0.39, 0.29) is 18.2 Å². The molecule has 0 radical (unpaired) electrons. The molecule has 0 fully saturated rings. The molecule has 0 aromatic heterocycles. The van der Waals surface area contributed by atoms with E-state index in [4.69, 9.17) is 0 Å². The maximum absolute atomic E-state index is 12.8. The van der Waals surface area contributed by atoms with Crippen LogP contribution in [0.15, 0.2) is 84.9 Å². The van der Waals surface area contributed by atoms with Crippen molar-refractivity contribution in [2.45, 2.75) is 44.7 Å². The lowest BCUT2D eigenvalue weighted by atomic mass is 9.96. The number of amides is 3. The number of nitrogens with one attached hydrogen (secondary N) is 3. The van der Waals surface area contributed by atoms with Crippen LogP contribution in [0.25, 0.3) is 0 Å². The number of hydrogen-bond acceptors (Lipinski definition) is 4. The minimum atomic E-state index is -1.18. The second kappa shape index (κ2) is 13.6. The van der Waals surface area contributed by atoms with E-state index in [1.165, 1.54) is 0 Å². The smallest absolute Gasteiger partial charge is 0.268 e. The molecule has 0 bridgehead atoms. The quantitative estimate of drug-likeness (QED) is 0.205. The fourth-order valence-corrected chi connectivity index (χ4v) is 3.79. The molecule has 0 heterocycles. The third-order valence-electron chi connectivity index (χ3n) is 6.01. The molecular formula is C30H31N3O4. The highest BCUT2D eigenvalue weighted by Gasteiger charge is 2.28. The Labute approximate surface area is 217 Å². The largest absolute Gasteiger partial charge is 0.351 e. The van der Waals surface area contributed by atoms with Crippen LogP contribution in [0, 0.1) is 11.8 Å². The number of benzene rings is 3. The first kappa shape index (κ1) is 27.2. The van der Waals surface area contributed by atoms with Crippen molar-refractivity contribution < 1.29 is 19.6 Å². The van der Waals surface area contributed by atoms with Crippen LogP contribution in [0.1, 0.15) is 59.7 Å². The topological polar surface area (TPSA) is 108 Å². The zero-order chi connectivity index (χ0) is 26.6. The minimum absolute atomic E-state index is 0.193. The molecular weight excluding hydrogens is 466 g/mol. The molecule has 3 atom stereocenters. The van der Waals surface area contributed by atoms with Gasteiger partial charge in [0.1, 0.15) is 6.04 Å². The van der Waals surface area contributed by atoms with Gasteiger partial charge in [-0.3, -0.25) is 19.6 Å². The summed E-state index contributed by atoms with van der Waals surface area (Å²) in [6.07, 6.45) is 0.887. The summed E-state index contributed by atoms with van der Waals surface area (Å²) in [7, 11) is 0. The average molecular weight is 498 g/mol. The van der Waals surface area contributed by atoms with Gasteiger partial charge >= 0.3 is 0 Å². The first-order valence-corrected chi connectivity index (χ1v) is 12.1. The van der Waals surface area contributed by atoms with Gasteiger partial charge in [0.05, 0.1) is 6.04 Å². The number of carbonyl (C=O) groups excluding carboxylic acids is 3. The predicted octanol–water partition coefficient (Wildman–Crippen LogP) is 3.78. The van der Waals surface area contributed by atoms with Crippen molar-refractivity contribution in [3.8, 4) is 11.8 Å². The molecule has 3 rings (SSSR count). The highest BCUT2D eigenvalue weighted by atomic mass is 16.5. The van der Waals surface area contributed by atoms with Crippen LogP contribution in [0.3, 0.4) is 0 Å². The van der Waals surface area contributed by atoms with E-state index in [0.717, 1.165) is 16.7 Å². The first-order valence-electron chi connectivity index (χ1n) is 12.1. The third-order valence-corrected chi connectivity index (χ3v) is 6.01.